The highest BCUT2D eigenvalue weighted by Gasteiger charge is 1.97. The summed E-state index contributed by atoms with van der Waals surface area (Å²) in [5.74, 6) is 0.779. The topological polar surface area (TPSA) is 12.0 Å². The number of rotatable bonds is 5. The van der Waals surface area contributed by atoms with Crippen LogP contribution in [0.1, 0.15) is 33.6 Å². The van der Waals surface area contributed by atoms with Crippen LogP contribution < -0.4 is 5.32 Å². The van der Waals surface area contributed by atoms with Crippen molar-refractivity contribution in [3.05, 3.63) is 12.3 Å². The molecule has 0 fully saturated rings. The molecule has 1 atom stereocenters. The molecule has 60 valence electrons. The molecule has 0 amide bonds. The molecule has 0 aliphatic carbocycles. The fourth-order valence-electron chi connectivity index (χ4n) is 0.943. The van der Waals surface area contributed by atoms with E-state index in [4.69, 9.17) is 0 Å². The van der Waals surface area contributed by atoms with Crippen molar-refractivity contribution in [1.82, 2.24) is 5.32 Å². The number of allylic oxidation sites excluding steroid dienone is 1. The molecule has 0 saturated carbocycles. The predicted molar refractivity (Wildman–Crippen MR) is 46.9 cm³/mol. The second-order valence-electron chi connectivity index (χ2n) is 3.06. The second kappa shape index (κ2) is 5.33. The summed E-state index contributed by atoms with van der Waals surface area (Å²) in [6.07, 6.45) is 2.58. The van der Waals surface area contributed by atoms with E-state index in [0.29, 0.717) is 0 Å². The molecule has 10 heavy (non-hydrogen) atoms. The largest absolute Gasteiger partial charge is 0.389 e. The summed E-state index contributed by atoms with van der Waals surface area (Å²) in [5, 5.41) is 3.24. The molecule has 1 heteroatoms. The zero-order valence-corrected chi connectivity index (χ0v) is 7.41. The zero-order valence-electron chi connectivity index (χ0n) is 7.41. The lowest BCUT2D eigenvalue weighted by molar-refractivity contribution is 0.500. The summed E-state index contributed by atoms with van der Waals surface area (Å²) >= 11 is 0. The van der Waals surface area contributed by atoms with Crippen molar-refractivity contribution in [2.24, 2.45) is 5.92 Å². The van der Waals surface area contributed by atoms with Crippen LogP contribution >= 0.6 is 0 Å². The van der Waals surface area contributed by atoms with Crippen molar-refractivity contribution in [2.45, 2.75) is 33.6 Å². The first kappa shape index (κ1) is 9.54. The van der Waals surface area contributed by atoms with Crippen molar-refractivity contribution in [3.8, 4) is 0 Å². The Morgan fingerprint density at radius 2 is 2.20 bits per heavy atom. The number of nitrogens with one attached hydrogen (secondary N) is 1. The van der Waals surface area contributed by atoms with Gasteiger partial charge < -0.3 is 5.32 Å². The molecule has 1 N–H and O–H groups in total. The van der Waals surface area contributed by atoms with Gasteiger partial charge in [0.15, 0.2) is 0 Å². The third-order valence-electron chi connectivity index (χ3n) is 1.53. The minimum Gasteiger partial charge on any atom is -0.389 e. The molecule has 1 nitrogen and oxygen atoms in total. The summed E-state index contributed by atoms with van der Waals surface area (Å²) in [6.45, 7) is 11.3. The molecule has 0 bridgehead atoms. The highest BCUT2D eigenvalue weighted by molar-refractivity contribution is 4.84. The van der Waals surface area contributed by atoms with Gasteiger partial charge in [-0.15, -0.1) is 0 Å². The zero-order chi connectivity index (χ0) is 7.98. The predicted octanol–water partition coefficient (Wildman–Crippen LogP) is 2.55. The van der Waals surface area contributed by atoms with Crippen molar-refractivity contribution in [3.63, 3.8) is 0 Å². The Hall–Kier alpha value is -0.460. The molecular formula is C9H19N. The smallest absolute Gasteiger partial charge is 0.0169 e. The summed E-state index contributed by atoms with van der Waals surface area (Å²) < 4.78 is 0. The molecule has 0 spiro atoms. The Labute approximate surface area is 64.5 Å². The van der Waals surface area contributed by atoms with Gasteiger partial charge in [0.2, 0.25) is 0 Å². The third-order valence-corrected chi connectivity index (χ3v) is 1.53. The van der Waals surface area contributed by atoms with Crippen molar-refractivity contribution < 1.29 is 0 Å². The Balaban J connectivity index is 3.21. The maximum absolute atomic E-state index is 3.78. The molecule has 0 unspecified atom stereocenters. The Morgan fingerprint density at radius 3 is 2.60 bits per heavy atom. The second-order valence-corrected chi connectivity index (χ2v) is 3.06. The summed E-state index contributed by atoms with van der Waals surface area (Å²) in [5.41, 5.74) is 1.07. The van der Waals surface area contributed by atoms with E-state index in [1.54, 1.807) is 0 Å². The highest BCUT2D eigenvalue weighted by Crippen LogP contribution is 2.02. The van der Waals surface area contributed by atoms with Crippen molar-refractivity contribution >= 4 is 0 Å². The van der Waals surface area contributed by atoms with Crippen LogP contribution in [0.4, 0.5) is 0 Å². The minimum atomic E-state index is 0.779. The van der Waals surface area contributed by atoms with E-state index >= 15 is 0 Å². The van der Waals surface area contributed by atoms with Crippen LogP contribution in [0, 0.1) is 5.92 Å². The van der Waals surface area contributed by atoms with Crippen LogP contribution in [0.3, 0.4) is 0 Å². The van der Waals surface area contributed by atoms with Gasteiger partial charge in [-0.25, -0.2) is 0 Å². The normalized spacial score (nSPS) is 12.7. The van der Waals surface area contributed by atoms with E-state index in [0.717, 1.165) is 18.2 Å². The summed E-state index contributed by atoms with van der Waals surface area (Å²) in [7, 11) is 0. The van der Waals surface area contributed by atoms with E-state index in [9.17, 15) is 0 Å². The summed E-state index contributed by atoms with van der Waals surface area (Å²) in [4.78, 5) is 0. The third kappa shape index (κ3) is 5.67. The molecule has 0 saturated heterocycles. The lowest BCUT2D eigenvalue weighted by Gasteiger charge is -2.11. The van der Waals surface area contributed by atoms with Gasteiger partial charge in [0.25, 0.3) is 0 Å². The van der Waals surface area contributed by atoms with E-state index < -0.39 is 0 Å². The lowest BCUT2D eigenvalue weighted by atomic mass is 10.1. The Kier molecular flexibility index (Phi) is 5.09. The molecular weight excluding hydrogens is 122 g/mol. The van der Waals surface area contributed by atoms with Gasteiger partial charge in [-0.1, -0.05) is 26.8 Å². The van der Waals surface area contributed by atoms with Gasteiger partial charge in [0.1, 0.15) is 0 Å². The van der Waals surface area contributed by atoms with Crippen molar-refractivity contribution in [2.75, 3.05) is 6.54 Å². The minimum absolute atomic E-state index is 0.779. The molecule has 0 aliphatic rings. The molecule has 0 radical (unpaired) electrons. The average Bonchev–Trinajstić information content (AvgIpc) is 1.85. The Morgan fingerprint density at radius 1 is 1.60 bits per heavy atom. The quantitative estimate of drug-likeness (QED) is 0.620. The van der Waals surface area contributed by atoms with E-state index in [2.05, 4.69) is 25.7 Å². The standard InChI is InChI=1S/C9H19N/c1-5-6-9(4)7-10-8(2)3/h9-10H,2,5-7H2,1,3-4H3/t9-/m1/s1. The maximum Gasteiger partial charge on any atom is 0.0169 e. The van der Waals surface area contributed by atoms with Crippen LogP contribution in [-0.4, -0.2) is 6.54 Å². The van der Waals surface area contributed by atoms with Gasteiger partial charge >= 0.3 is 0 Å². The number of hydrogen-bond donors (Lipinski definition) is 1. The maximum atomic E-state index is 3.78. The van der Waals surface area contributed by atoms with Gasteiger partial charge in [-0.05, 0) is 19.3 Å². The van der Waals surface area contributed by atoms with Crippen LogP contribution in [0.25, 0.3) is 0 Å². The van der Waals surface area contributed by atoms with Crippen LogP contribution in [-0.2, 0) is 0 Å². The lowest BCUT2D eigenvalue weighted by Crippen LogP contribution is -2.18. The molecule has 0 aromatic rings. The molecule has 0 aliphatic heterocycles. The number of hydrogen-bond acceptors (Lipinski definition) is 1. The highest BCUT2D eigenvalue weighted by atomic mass is 14.9. The molecule has 0 aromatic heterocycles. The monoisotopic (exact) mass is 141 g/mol. The van der Waals surface area contributed by atoms with Gasteiger partial charge in [0, 0.05) is 12.2 Å². The SMILES string of the molecule is C=C(C)NC[C@H](C)CCC. The van der Waals surface area contributed by atoms with Crippen LogP contribution in [0.2, 0.25) is 0 Å². The first-order valence-electron chi connectivity index (χ1n) is 4.06. The van der Waals surface area contributed by atoms with Crippen molar-refractivity contribution in [1.29, 1.82) is 0 Å². The fraction of sp³-hybridized carbons (Fsp3) is 0.778. The first-order valence-corrected chi connectivity index (χ1v) is 4.06. The van der Waals surface area contributed by atoms with E-state index in [1.807, 2.05) is 6.92 Å². The van der Waals surface area contributed by atoms with Gasteiger partial charge in [0.05, 0.1) is 0 Å². The van der Waals surface area contributed by atoms with Gasteiger partial charge in [-0.3, -0.25) is 0 Å². The van der Waals surface area contributed by atoms with E-state index in [1.165, 1.54) is 12.8 Å². The molecule has 0 rings (SSSR count). The Bertz CT molecular complexity index is 96.9. The average molecular weight is 141 g/mol. The fourth-order valence-corrected chi connectivity index (χ4v) is 0.943. The molecule has 0 aromatic carbocycles. The first-order chi connectivity index (χ1) is 4.66. The summed E-state index contributed by atoms with van der Waals surface area (Å²) in [6, 6.07) is 0. The molecule has 0 heterocycles. The van der Waals surface area contributed by atoms with Crippen LogP contribution in [0.15, 0.2) is 12.3 Å². The van der Waals surface area contributed by atoms with Crippen LogP contribution in [0.5, 0.6) is 0 Å². The van der Waals surface area contributed by atoms with Gasteiger partial charge in [-0.2, -0.15) is 0 Å². The van der Waals surface area contributed by atoms with E-state index in [-0.39, 0.29) is 0 Å².